The summed E-state index contributed by atoms with van der Waals surface area (Å²) in [7, 11) is 0. The van der Waals surface area contributed by atoms with Gasteiger partial charge < -0.3 is 14.4 Å². The van der Waals surface area contributed by atoms with Gasteiger partial charge in [-0.1, -0.05) is 5.16 Å². The Morgan fingerprint density at radius 2 is 2.30 bits per heavy atom. The molecule has 1 fully saturated rings. The van der Waals surface area contributed by atoms with Crippen LogP contribution in [0.3, 0.4) is 0 Å². The van der Waals surface area contributed by atoms with Crippen LogP contribution in [0.1, 0.15) is 30.1 Å². The van der Waals surface area contributed by atoms with Gasteiger partial charge in [0.1, 0.15) is 12.2 Å². The molecule has 2 aromatic rings. The highest BCUT2D eigenvalue weighted by atomic mass is 16.5. The van der Waals surface area contributed by atoms with Crippen LogP contribution in [-0.4, -0.2) is 37.4 Å². The molecule has 0 saturated heterocycles. The minimum absolute atomic E-state index is 0.698. The van der Waals surface area contributed by atoms with Crippen LogP contribution in [0.2, 0.25) is 0 Å². The standard InChI is InChI=1S/C13H18N6O/c1-2-10(1)14-6-11-5-12(20-17-11)7-18-3-4-19-9-15-16-13(19)8-18/h5,9-10,14H,1-4,6-8H2. The molecule has 0 radical (unpaired) electrons. The summed E-state index contributed by atoms with van der Waals surface area (Å²) in [5.41, 5.74) is 0.993. The highest BCUT2D eigenvalue weighted by molar-refractivity contribution is 5.06. The predicted molar refractivity (Wildman–Crippen MR) is 70.5 cm³/mol. The number of nitrogens with one attached hydrogen (secondary N) is 1. The fourth-order valence-corrected chi connectivity index (χ4v) is 2.52. The fourth-order valence-electron chi connectivity index (χ4n) is 2.52. The number of nitrogens with zero attached hydrogens (tertiary/aromatic N) is 5. The van der Waals surface area contributed by atoms with Crippen LogP contribution in [0.4, 0.5) is 0 Å². The van der Waals surface area contributed by atoms with Crippen molar-refractivity contribution in [2.75, 3.05) is 6.54 Å². The van der Waals surface area contributed by atoms with Gasteiger partial charge in [-0.05, 0) is 12.8 Å². The third-order valence-corrected chi connectivity index (χ3v) is 3.85. The van der Waals surface area contributed by atoms with Gasteiger partial charge in [-0.2, -0.15) is 0 Å². The van der Waals surface area contributed by atoms with Gasteiger partial charge in [0.2, 0.25) is 0 Å². The molecule has 2 aliphatic rings. The second-order valence-electron chi connectivity index (χ2n) is 5.59. The predicted octanol–water partition coefficient (Wildman–Crippen LogP) is 0.534. The van der Waals surface area contributed by atoms with Crippen molar-refractivity contribution in [3.63, 3.8) is 0 Å². The first-order valence-electron chi connectivity index (χ1n) is 7.14. The zero-order chi connectivity index (χ0) is 13.4. The maximum Gasteiger partial charge on any atom is 0.151 e. The van der Waals surface area contributed by atoms with Crippen LogP contribution in [0.15, 0.2) is 16.9 Å². The quantitative estimate of drug-likeness (QED) is 0.857. The molecule has 1 saturated carbocycles. The van der Waals surface area contributed by atoms with Gasteiger partial charge in [0.05, 0.1) is 18.8 Å². The van der Waals surface area contributed by atoms with Crippen LogP contribution in [0, 0.1) is 0 Å². The van der Waals surface area contributed by atoms with Crippen LogP contribution in [0.25, 0.3) is 0 Å². The van der Waals surface area contributed by atoms with Gasteiger partial charge in [-0.3, -0.25) is 4.90 Å². The van der Waals surface area contributed by atoms with Crippen LogP contribution in [-0.2, 0) is 26.2 Å². The molecule has 0 atom stereocenters. The molecule has 7 nitrogen and oxygen atoms in total. The van der Waals surface area contributed by atoms with Gasteiger partial charge in [0.15, 0.2) is 5.76 Å². The van der Waals surface area contributed by atoms with Crippen molar-refractivity contribution >= 4 is 0 Å². The van der Waals surface area contributed by atoms with Crippen LogP contribution in [0.5, 0.6) is 0 Å². The summed E-state index contributed by atoms with van der Waals surface area (Å²) in [5, 5.41) is 15.6. The topological polar surface area (TPSA) is 72.0 Å². The minimum Gasteiger partial charge on any atom is -0.360 e. The average Bonchev–Trinajstić information content (AvgIpc) is 2.99. The van der Waals surface area contributed by atoms with E-state index < -0.39 is 0 Å². The van der Waals surface area contributed by atoms with E-state index in [9.17, 15) is 0 Å². The van der Waals surface area contributed by atoms with Crippen molar-refractivity contribution in [2.24, 2.45) is 0 Å². The van der Waals surface area contributed by atoms with E-state index in [1.165, 1.54) is 12.8 Å². The van der Waals surface area contributed by atoms with Crippen molar-refractivity contribution in [3.8, 4) is 0 Å². The van der Waals surface area contributed by atoms with Crippen LogP contribution >= 0.6 is 0 Å². The molecule has 1 aliphatic carbocycles. The van der Waals surface area contributed by atoms with E-state index in [1.54, 1.807) is 6.33 Å². The number of fused-ring (bicyclic) bond motifs is 1. The van der Waals surface area contributed by atoms with E-state index >= 15 is 0 Å². The summed E-state index contributed by atoms with van der Waals surface area (Å²) >= 11 is 0. The summed E-state index contributed by atoms with van der Waals surface area (Å²) in [6.45, 7) is 4.33. The molecule has 20 heavy (non-hydrogen) atoms. The lowest BCUT2D eigenvalue weighted by Crippen LogP contribution is -2.33. The zero-order valence-electron chi connectivity index (χ0n) is 11.3. The van der Waals surface area contributed by atoms with Gasteiger partial charge >= 0.3 is 0 Å². The second-order valence-corrected chi connectivity index (χ2v) is 5.59. The Balaban J connectivity index is 1.34. The van der Waals surface area contributed by atoms with Crippen molar-refractivity contribution in [1.29, 1.82) is 0 Å². The molecule has 0 spiro atoms. The molecule has 0 amide bonds. The minimum atomic E-state index is 0.698. The van der Waals surface area contributed by atoms with E-state index in [-0.39, 0.29) is 0 Å². The summed E-state index contributed by atoms with van der Waals surface area (Å²) in [4.78, 5) is 2.31. The lowest BCUT2D eigenvalue weighted by atomic mass is 10.3. The summed E-state index contributed by atoms with van der Waals surface area (Å²) < 4.78 is 7.51. The first kappa shape index (κ1) is 12.0. The Morgan fingerprint density at radius 3 is 3.20 bits per heavy atom. The SMILES string of the molecule is c1c(CNC2CC2)noc1CN1CCn2cnnc2C1. The average molecular weight is 274 g/mol. The second kappa shape index (κ2) is 4.99. The van der Waals surface area contributed by atoms with Gasteiger partial charge in [0.25, 0.3) is 0 Å². The highest BCUT2D eigenvalue weighted by Crippen LogP contribution is 2.19. The third-order valence-electron chi connectivity index (χ3n) is 3.85. The zero-order valence-corrected chi connectivity index (χ0v) is 11.3. The first-order chi connectivity index (χ1) is 9.87. The van der Waals surface area contributed by atoms with Crippen molar-refractivity contribution in [2.45, 2.75) is 45.1 Å². The fraction of sp³-hybridized carbons (Fsp3) is 0.615. The molecule has 3 heterocycles. The van der Waals surface area contributed by atoms with Crippen molar-refractivity contribution < 1.29 is 4.52 Å². The van der Waals surface area contributed by atoms with Crippen molar-refractivity contribution in [1.82, 2.24) is 30.1 Å². The van der Waals surface area contributed by atoms with Gasteiger partial charge in [0, 0.05) is 31.7 Å². The summed E-state index contributed by atoms with van der Waals surface area (Å²) in [6, 6.07) is 2.75. The number of hydrogen-bond acceptors (Lipinski definition) is 6. The molecular formula is C13H18N6O. The van der Waals surface area contributed by atoms with E-state index in [0.717, 1.165) is 50.0 Å². The normalized spacial score (nSPS) is 19.2. The van der Waals surface area contributed by atoms with Gasteiger partial charge in [-0.25, -0.2) is 0 Å². The maximum absolute atomic E-state index is 5.42. The number of rotatable bonds is 5. The monoisotopic (exact) mass is 274 g/mol. The van der Waals surface area contributed by atoms with E-state index in [2.05, 4.69) is 36.2 Å². The van der Waals surface area contributed by atoms with E-state index in [0.29, 0.717) is 6.04 Å². The molecule has 1 N–H and O–H groups in total. The molecule has 7 heteroatoms. The molecule has 2 aromatic heterocycles. The van der Waals surface area contributed by atoms with Crippen LogP contribution < -0.4 is 5.32 Å². The van der Waals surface area contributed by atoms with E-state index in [1.807, 2.05) is 0 Å². The number of aromatic nitrogens is 4. The highest BCUT2D eigenvalue weighted by Gasteiger charge is 2.21. The Kier molecular flexibility index (Phi) is 3.00. The largest absolute Gasteiger partial charge is 0.360 e. The smallest absolute Gasteiger partial charge is 0.151 e. The summed E-state index contributed by atoms with van der Waals surface area (Å²) in [6.07, 6.45) is 4.38. The molecule has 1 aliphatic heterocycles. The molecule has 4 rings (SSSR count). The third kappa shape index (κ3) is 2.59. The lowest BCUT2D eigenvalue weighted by molar-refractivity contribution is 0.186. The van der Waals surface area contributed by atoms with Gasteiger partial charge in [-0.15, -0.1) is 10.2 Å². The lowest BCUT2D eigenvalue weighted by Gasteiger charge is -2.25. The van der Waals surface area contributed by atoms with E-state index in [4.69, 9.17) is 4.52 Å². The molecule has 106 valence electrons. The Morgan fingerprint density at radius 1 is 1.35 bits per heavy atom. The summed E-state index contributed by atoms with van der Waals surface area (Å²) in [5.74, 6) is 1.94. The maximum atomic E-state index is 5.42. The van der Waals surface area contributed by atoms with Crippen molar-refractivity contribution in [3.05, 3.63) is 29.7 Å². The Hall–Kier alpha value is -1.73. The molecule has 0 unspecified atom stereocenters. The first-order valence-corrected chi connectivity index (χ1v) is 7.14. The Bertz CT molecular complexity index is 587. The molecule has 0 bridgehead atoms. The molecule has 0 aromatic carbocycles. The number of hydrogen-bond donors (Lipinski definition) is 1. The Labute approximate surface area is 116 Å². The molecular weight excluding hydrogens is 256 g/mol.